The highest BCUT2D eigenvalue weighted by molar-refractivity contribution is 6.08. The summed E-state index contributed by atoms with van der Waals surface area (Å²) in [6, 6.07) is 0. The third-order valence-corrected chi connectivity index (χ3v) is 1.76. The molecule has 1 rings (SSSR count). The Morgan fingerprint density at radius 1 is 1.69 bits per heavy atom. The number of carboxylic acids is 1. The van der Waals surface area contributed by atoms with Gasteiger partial charge in [-0.05, 0) is 6.92 Å². The van der Waals surface area contributed by atoms with Crippen LogP contribution in [-0.4, -0.2) is 28.2 Å². The molecule has 70 valence electrons. The van der Waals surface area contributed by atoms with Gasteiger partial charge >= 0.3 is 5.97 Å². The van der Waals surface area contributed by atoms with Crippen molar-refractivity contribution in [3.63, 3.8) is 0 Å². The Bertz CT molecular complexity index is 316. The summed E-state index contributed by atoms with van der Waals surface area (Å²) < 4.78 is 0. The summed E-state index contributed by atoms with van der Waals surface area (Å²) in [4.78, 5) is 25.2. The van der Waals surface area contributed by atoms with E-state index in [0.29, 0.717) is 0 Å². The van der Waals surface area contributed by atoms with Gasteiger partial charge in [-0.2, -0.15) is 0 Å². The van der Waals surface area contributed by atoms with Gasteiger partial charge in [0, 0.05) is 6.21 Å². The van der Waals surface area contributed by atoms with Gasteiger partial charge in [-0.25, -0.2) is 0 Å². The van der Waals surface area contributed by atoms with Crippen LogP contribution in [0.4, 0.5) is 0 Å². The summed E-state index contributed by atoms with van der Waals surface area (Å²) in [5, 5.41) is 17.6. The fourth-order valence-electron chi connectivity index (χ4n) is 1.02. The van der Waals surface area contributed by atoms with Crippen LogP contribution in [0.5, 0.6) is 0 Å². The van der Waals surface area contributed by atoms with Crippen LogP contribution in [0.3, 0.4) is 0 Å². The van der Waals surface area contributed by atoms with Crippen molar-refractivity contribution in [1.29, 1.82) is 0 Å². The van der Waals surface area contributed by atoms with E-state index in [2.05, 4.69) is 4.99 Å². The van der Waals surface area contributed by atoms with Crippen molar-refractivity contribution >= 4 is 18.0 Å². The van der Waals surface area contributed by atoms with E-state index in [4.69, 9.17) is 10.2 Å². The smallest absolute Gasteiger partial charge is 0.304 e. The average molecular weight is 183 g/mol. The summed E-state index contributed by atoms with van der Waals surface area (Å²) in [5.74, 6) is -2.93. The molecule has 0 saturated carbocycles. The molecule has 0 amide bonds. The van der Waals surface area contributed by atoms with E-state index >= 15 is 0 Å². The number of carbonyl (C=O) groups is 2. The van der Waals surface area contributed by atoms with Crippen LogP contribution >= 0.6 is 0 Å². The van der Waals surface area contributed by atoms with E-state index in [9.17, 15) is 9.59 Å². The summed E-state index contributed by atoms with van der Waals surface area (Å²) in [5.41, 5.74) is 0.228. The summed E-state index contributed by atoms with van der Waals surface area (Å²) in [6.07, 6.45) is 0.922. The summed E-state index contributed by atoms with van der Waals surface area (Å²) in [6.45, 7) is 1.49. The maximum absolute atomic E-state index is 11.2. The molecule has 5 nitrogen and oxygen atoms in total. The Balaban J connectivity index is 2.81. The quantitative estimate of drug-likeness (QED) is 0.653. The molecule has 1 aliphatic heterocycles. The highest BCUT2D eigenvalue weighted by Crippen LogP contribution is 2.17. The molecular formula is C8H9NO4. The minimum atomic E-state index is -1.09. The number of carboxylic acid groups (broad SMARTS) is 1. The standard InChI is InChI=1S/C8H9NO4/c1-4-7(12)8(13)5(3-9-4)2-6(10)11/h3,5,12H,2H2,1H3,(H,10,11). The summed E-state index contributed by atoms with van der Waals surface area (Å²) in [7, 11) is 0. The molecular weight excluding hydrogens is 174 g/mol. The number of aliphatic hydroxyl groups is 1. The first-order valence-corrected chi connectivity index (χ1v) is 3.72. The van der Waals surface area contributed by atoms with Crippen LogP contribution in [0.1, 0.15) is 13.3 Å². The number of nitrogens with zero attached hydrogens (tertiary/aromatic N) is 1. The lowest BCUT2D eigenvalue weighted by Gasteiger charge is -2.12. The number of allylic oxidation sites excluding steroid dienone is 2. The highest BCUT2D eigenvalue weighted by Gasteiger charge is 2.27. The Morgan fingerprint density at radius 2 is 2.31 bits per heavy atom. The van der Waals surface area contributed by atoms with E-state index in [1.165, 1.54) is 13.1 Å². The molecule has 1 heterocycles. The topological polar surface area (TPSA) is 87.0 Å². The van der Waals surface area contributed by atoms with E-state index in [1.54, 1.807) is 0 Å². The summed E-state index contributed by atoms with van der Waals surface area (Å²) >= 11 is 0. The Morgan fingerprint density at radius 3 is 2.85 bits per heavy atom. The molecule has 0 saturated heterocycles. The van der Waals surface area contributed by atoms with Crippen LogP contribution in [0.2, 0.25) is 0 Å². The van der Waals surface area contributed by atoms with E-state index in [1.807, 2.05) is 0 Å². The van der Waals surface area contributed by atoms with Crippen LogP contribution in [0.25, 0.3) is 0 Å². The molecule has 0 aromatic rings. The van der Waals surface area contributed by atoms with Crippen molar-refractivity contribution in [3.8, 4) is 0 Å². The normalized spacial score (nSPS) is 22.2. The molecule has 0 aromatic carbocycles. The minimum absolute atomic E-state index is 0.228. The number of aliphatic carboxylic acids is 1. The first-order chi connectivity index (χ1) is 6.02. The Labute approximate surface area is 74.4 Å². The van der Waals surface area contributed by atoms with Crippen LogP contribution < -0.4 is 0 Å². The first-order valence-electron chi connectivity index (χ1n) is 3.72. The zero-order valence-corrected chi connectivity index (χ0v) is 7.02. The number of rotatable bonds is 2. The number of aliphatic imine (C=N–C) groups is 1. The molecule has 0 aliphatic carbocycles. The number of aliphatic hydroxyl groups excluding tert-OH is 1. The van der Waals surface area contributed by atoms with Gasteiger partial charge in [-0.1, -0.05) is 0 Å². The van der Waals surface area contributed by atoms with Crippen molar-refractivity contribution in [2.75, 3.05) is 0 Å². The van der Waals surface area contributed by atoms with Crippen LogP contribution in [-0.2, 0) is 9.59 Å². The van der Waals surface area contributed by atoms with Crippen molar-refractivity contribution in [2.24, 2.45) is 10.9 Å². The minimum Gasteiger partial charge on any atom is -0.503 e. The molecule has 1 aliphatic rings. The second-order valence-corrected chi connectivity index (χ2v) is 2.78. The molecule has 0 bridgehead atoms. The van der Waals surface area contributed by atoms with Gasteiger partial charge in [0.25, 0.3) is 0 Å². The monoisotopic (exact) mass is 183 g/mol. The molecule has 2 N–H and O–H groups in total. The third kappa shape index (κ3) is 1.93. The molecule has 13 heavy (non-hydrogen) atoms. The van der Waals surface area contributed by atoms with Gasteiger partial charge in [0.05, 0.1) is 18.0 Å². The second-order valence-electron chi connectivity index (χ2n) is 2.78. The SMILES string of the molecule is CC1=C(O)C(=O)C(CC(=O)O)C=N1. The van der Waals surface area contributed by atoms with Crippen LogP contribution in [0.15, 0.2) is 16.4 Å². The van der Waals surface area contributed by atoms with Gasteiger partial charge in [-0.15, -0.1) is 0 Å². The zero-order chi connectivity index (χ0) is 10.0. The largest absolute Gasteiger partial charge is 0.503 e. The second kappa shape index (κ2) is 3.38. The lowest BCUT2D eigenvalue weighted by Crippen LogP contribution is -2.24. The molecule has 1 unspecified atom stereocenters. The lowest BCUT2D eigenvalue weighted by molar-refractivity contribution is -0.139. The number of Topliss-reactive ketones (excluding diaryl/α,β-unsaturated/α-hetero) is 1. The number of hydrogen-bond acceptors (Lipinski definition) is 4. The van der Waals surface area contributed by atoms with E-state index < -0.39 is 23.4 Å². The maximum Gasteiger partial charge on any atom is 0.304 e. The predicted molar refractivity (Wildman–Crippen MR) is 44.6 cm³/mol. The maximum atomic E-state index is 11.2. The molecule has 1 atom stereocenters. The number of ketones is 1. The lowest BCUT2D eigenvalue weighted by atomic mass is 9.97. The molecule has 0 spiro atoms. The van der Waals surface area contributed by atoms with Crippen molar-refractivity contribution in [2.45, 2.75) is 13.3 Å². The van der Waals surface area contributed by atoms with Crippen molar-refractivity contribution in [3.05, 3.63) is 11.5 Å². The number of hydrogen-bond donors (Lipinski definition) is 2. The molecule has 0 radical (unpaired) electrons. The van der Waals surface area contributed by atoms with Gasteiger partial charge < -0.3 is 10.2 Å². The average Bonchev–Trinajstić information content (AvgIpc) is 2.06. The van der Waals surface area contributed by atoms with E-state index in [0.717, 1.165) is 0 Å². The van der Waals surface area contributed by atoms with Gasteiger partial charge in [0.2, 0.25) is 5.78 Å². The van der Waals surface area contributed by atoms with Gasteiger partial charge in [0.15, 0.2) is 5.76 Å². The Hall–Kier alpha value is -1.65. The predicted octanol–water partition coefficient (Wildman–Crippen LogP) is 0.520. The first kappa shape index (κ1) is 9.44. The Kier molecular flexibility index (Phi) is 2.46. The third-order valence-electron chi connectivity index (χ3n) is 1.76. The van der Waals surface area contributed by atoms with Gasteiger partial charge in [0.1, 0.15) is 0 Å². The fraction of sp³-hybridized carbons (Fsp3) is 0.375. The van der Waals surface area contributed by atoms with E-state index in [-0.39, 0.29) is 12.1 Å². The van der Waals surface area contributed by atoms with Gasteiger partial charge in [-0.3, -0.25) is 14.6 Å². The van der Waals surface area contributed by atoms with Crippen molar-refractivity contribution in [1.82, 2.24) is 0 Å². The zero-order valence-electron chi connectivity index (χ0n) is 7.02. The molecule has 0 aromatic heterocycles. The number of carbonyl (C=O) groups excluding carboxylic acids is 1. The highest BCUT2D eigenvalue weighted by atomic mass is 16.4. The fourth-order valence-corrected chi connectivity index (χ4v) is 1.02. The molecule has 5 heteroatoms. The van der Waals surface area contributed by atoms with Crippen molar-refractivity contribution < 1.29 is 19.8 Å². The van der Waals surface area contributed by atoms with Crippen LogP contribution in [0, 0.1) is 5.92 Å². The molecule has 0 fully saturated rings.